The molecule has 1 heterocycles. The first kappa shape index (κ1) is 15.3. The minimum Gasteiger partial charge on any atom is -0.341 e. The van der Waals surface area contributed by atoms with E-state index in [9.17, 15) is 9.59 Å². The van der Waals surface area contributed by atoms with Crippen molar-refractivity contribution in [3.63, 3.8) is 0 Å². The molecule has 1 aliphatic carbocycles. The molecule has 2 fully saturated rings. The van der Waals surface area contributed by atoms with Gasteiger partial charge in [0.05, 0.1) is 5.92 Å². The highest BCUT2D eigenvalue weighted by Crippen LogP contribution is 2.30. The molecule has 1 saturated heterocycles. The molecular formula is C15H27N3O2. The van der Waals surface area contributed by atoms with E-state index in [0.717, 1.165) is 45.2 Å². The van der Waals surface area contributed by atoms with Crippen LogP contribution in [-0.4, -0.2) is 48.4 Å². The highest BCUT2D eigenvalue weighted by molar-refractivity contribution is 5.92. The molecule has 5 heteroatoms. The maximum atomic E-state index is 12.8. The summed E-state index contributed by atoms with van der Waals surface area (Å²) in [6.07, 6.45) is 4.78. The molecule has 0 aromatic carbocycles. The lowest BCUT2D eigenvalue weighted by atomic mass is 9.79. The average molecular weight is 281 g/mol. The molecule has 114 valence electrons. The van der Waals surface area contributed by atoms with E-state index in [1.807, 2.05) is 18.7 Å². The summed E-state index contributed by atoms with van der Waals surface area (Å²) in [6.45, 7) is 6.88. The minimum absolute atomic E-state index is 0.0401. The van der Waals surface area contributed by atoms with E-state index in [1.54, 1.807) is 0 Å². The molecule has 2 aliphatic rings. The number of nitrogens with zero attached hydrogens (tertiary/aromatic N) is 1. The van der Waals surface area contributed by atoms with Crippen LogP contribution < -0.4 is 10.6 Å². The Hall–Kier alpha value is -1.10. The van der Waals surface area contributed by atoms with Gasteiger partial charge in [0.15, 0.2) is 0 Å². The zero-order chi connectivity index (χ0) is 14.6. The lowest BCUT2D eigenvalue weighted by molar-refractivity contribution is -0.144. The largest absolute Gasteiger partial charge is 0.341 e. The van der Waals surface area contributed by atoms with Gasteiger partial charge < -0.3 is 15.5 Å². The van der Waals surface area contributed by atoms with Crippen LogP contribution in [0.1, 0.15) is 46.0 Å². The van der Waals surface area contributed by atoms with Crippen molar-refractivity contribution in [2.45, 2.75) is 51.5 Å². The second kappa shape index (κ2) is 6.57. The zero-order valence-corrected chi connectivity index (χ0v) is 12.7. The maximum absolute atomic E-state index is 12.8. The summed E-state index contributed by atoms with van der Waals surface area (Å²) in [7, 11) is 0. The van der Waals surface area contributed by atoms with Gasteiger partial charge >= 0.3 is 0 Å². The molecule has 2 amide bonds. The van der Waals surface area contributed by atoms with E-state index in [2.05, 4.69) is 10.6 Å². The fraction of sp³-hybridized carbons (Fsp3) is 0.867. The molecule has 20 heavy (non-hydrogen) atoms. The predicted octanol–water partition coefficient (Wildman–Crippen LogP) is 0.893. The SMILES string of the molecule is CCN(CC)C(=O)C1(NC(=O)C2CNC2)CCCCC1. The molecule has 0 atom stereocenters. The molecule has 0 unspecified atom stereocenters. The summed E-state index contributed by atoms with van der Waals surface area (Å²) >= 11 is 0. The first-order valence-electron chi connectivity index (χ1n) is 7.95. The molecular weight excluding hydrogens is 254 g/mol. The van der Waals surface area contributed by atoms with Gasteiger partial charge in [0, 0.05) is 26.2 Å². The summed E-state index contributed by atoms with van der Waals surface area (Å²) in [5.74, 6) is 0.201. The van der Waals surface area contributed by atoms with E-state index in [4.69, 9.17) is 0 Å². The Bertz CT molecular complexity index is 356. The van der Waals surface area contributed by atoms with E-state index in [-0.39, 0.29) is 17.7 Å². The lowest BCUT2D eigenvalue weighted by Crippen LogP contribution is -2.63. The van der Waals surface area contributed by atoms with Gasteiger partial charge in [0.2, 0.25) is 11.8 Å². The van der Waals surface area contributed by atoms with Crippen LogP contribution in [-0.2, 0) is 9.59 Å². The molecule has 2 rings (SSSR count). The van der Waals surface area contributed by atoms with Gasteiger partial charge in [0.1, 0.15) is 5.54 Å². The van der Waals surface area contributed by atoms with Crippen molar-refractivity contribution in [2.75, 3.05) is 26.2 Å². The number of likely N-dealkylation sites (N-methyl/N-ethyl adjacent to an activating group) is 1. The lowest BCUT2D eigenvalue weighted by Gasteiger charge is -2.41. The van der Waals surface area contributed by atoms with Gasteiger partial charge in [-0.3, -0.25) is 9.59 Å². The smallest absolute Gasteiger partial charge is 0.248 e. The van der Waals surface area contributed by atoms with E-state index in [1.165, 1.54) is 0 Å². The monoisotopic (exact) mass is 281 g/mol. The fourth-order valence-electron chi connectivity index (χ4n) is 3.17. The van der Waals surface area contributed by atoms with Crippen LogP contribution in [0.4, 0.5) is 0 Å². The number of rotatable bonds is 5. The summed E-state index contributed by atoms with van der Waals surface area (Å²) in [6, 6.07) is 0. The summed E-state index contributed by atoms with van der Waals surface area (Å²) < 4.78 is 0. The Morgan fingerprint density at radius 3 is 2.20 bits per heavy atom. The minimum atomic E-state index is -0.642. The standard InChI is InChI=1S/C15H27N3O2/c1-3-18(4-2)14(20)15(8-6-5-7-9-15)17-13(19)12-10-16-11-12/h12,16H,3-11H2,1-2H3,(H,17,19). The molecule has 0 spiro atoms. The van der Waals surface area contributed by atoms with Gasteiger partial charge in [-0.2, -0.15) is 0 Å². The Morgan fingerprint density at radius 2 is 1.75 bits per heavy atom. The predicted molar refractivity (Wildman–Crippen MR) is 78.2 cm³/mol. The molecule has 0 aromatic heterocycles. The second-order valence-corrected chi connectivity index (χ2v) is 5.96. The van der Waals surface area contributed by atoms with Gasteiger partial charge in [0.25, 0.3) is 0 Å². The van der Waals surface area contributed by atoms with Crippen molar-refractivity contribution in [1.29, 1.82) is 0 Å². The number of nitrogens with one attached hydrogen (secondary N) is 2. The van der Waals surface area contributed by atoms with Gasteiger partial charge in [-0.25, -0.2) is 0 Å². The van der Waals surface area contributed by atoms with E-state index < -0.39 is 5.54 Å². The van der Waals surface area contributed by atoms with Gasteiger partial charge in [-0.05, 0) is 26.7 Å². The van der Waals surface area contributed by atoms with Crippen molar-refractivity contribution in [3.8, 4) is 0 Å². The van der Waals surface area contributed by atoms with Gasteiger partial charge in [-0.1, -0.05) is 19.3 Å². The zero-order valence-electron chi connectivity index (χ0n) is 12.7. The summed E-state index contributed by atoms with van der Waals surface area (Å²) in [5, 5.41) is 6.22. The van der Waals surface area contributed by atoms with Crippen molar-refractivity contribution >= 4 is 11.8 Å². The topological polar surface area (TPSA) is 61.4 Å². The van der Waals surface area contributed by atoms with Crippen LogP contribution in [0.5, 0.6) is 0 Å². The first-order valence-corrected chi connectivity index (χ1v) is 7.95. The summed E-state index contributed by atoms with van der Waals surface area (Å²) in [4.78, 5) is 27.0. The quantitative estimate of drug-likeness (QED) is 0.787. The Kier molecular flexibility index (Phi) is 5.02. The van der Waals surface area contributed by atoms with Crippen molar-refractivity contribution in [2.24, 2.45) is 5.92 Å². The molecule has 1 saturated carbocycles. The van der Waals surface area contributed by atoms with Crippen molar-refractivity contribution in [3.05, 3.63) is 0 Å². The van der Waals surface area contributed by atoms with E-state index >= 15 is 0 Å². The third-order valence-electron chi connectivity index (χ3n) is 4.68. The van der Waals surface area contributed by atoms with Crippen LogP contribution in [0.3, 0.4) is 0 Å². The Morgan fingerprint density at radius 1 is 1.15 bits per heavy atom. The molecule has 0 bridgehead atoms. The van der Waals surface area contributed by atoms with Crippen LogP contribution in [0, 0.1) is 5.92 Å². The molecule has 1 aliphatic heterocycles. The molecule has 2 N–H and O–H groups in total. The second-order valence-electron chi connectivity index (χ2n) is 5.96. The number of carbonyl (C=O) groups is 2. The Balaban J connectivity index is 2.11. The number of hydrogen-bond donors (Lipinski definition) is 2. The fourth-order valence-corrected chi connectivity index (χ4v) is 3.17. The molecule has 0 aromatic rings. The van der Waals surface area contributed by atoms with E-state index in [0.29, 0.717) is 13.1 Å². The van der Waals surface area contributed by atoms with Crippen LogP contribution in [0.2, 0.25) is 0 Å². The highest BCUT2D eigenvalue weighted by atomic mass is 16.2. The van der Waals surface area contributed by atoms with Crippen molar-refractivity contribution in [1.82, 2.24) is 15.5 Å². The number of hydrogen-bond acceptors (Lipinski definition) is 3. The first-order chi connectivity index (χ1) is 9.63. The number of carbonyl (C=O) groups excluding carboxylic acids is 2. The summed E-state index contributed by atoms with van der Waals surface area (Å²) in [5.41, 5.74) is -0.642. The molecule has 0 radical (unpaired) electrons. The normalized spacial score (nSPS) is 21.9. The number of amides is 2. The average Bonchev–Trinajstić information content (AvgIpc) is 2.38. The highest BCUT2D eigenvalue weighted by Gasteiger charge is 2.44. The third-order valence-corrected chi connectivity index (χ3v) is 4.68. The maximum Gasteiger partial charge on any atom is 0.248 e. The van der Waals surface area contributed by atoms with Crippen LogP contribution in [0.15, 0.2) is 0 Å². The van der Waals surface area contributed by atoms with Crippen LogP contribution >= 0.6 is 0 Å². The molecule has 5 nitrogen and oxygen atoms in total. The van der Waals surface area contributed by atoms with Crippen LogP contribution in [0.25, 0.3) is 0 Å². The van der Waals surface area contributed by atoms with Gasteiger partial charge in [-0.15, -0.1) is 0 Å². The third kappa shape index (κ3) is 2.97. The van der Waals surface area contributed by atoms with Crippen molar-refractivity contribution < 1.29 is 9.59 Å². The Labute approximate surface area is 121 Å².